The summed E-state index contributed by atoms with van der Waals surface area (Å²) < 4.78 is 20.2. The Bertz CT molecular complexity index is 339. The lowest BCUT2D eigenvalue weighted by Gasteiger charge is -2.07. The molecular weight excluding hydrogens is 288 g/mol. The van der Waals surface area contributed by atoms with Gasteiger partial charge >= 0.3 is 11.9 Å². The van der Waals surface area contributed by atoms with Gasteiger partial charge in [0.1, 0.15) is 13.2 Å². The van der Waals surface area contributed by atoms with Gasteiger partial charge in [-0.1, -0.05) is 24.3 Å². The van der Waals surface area contributed by atoms with Gasteiger partial charge in [0, 0.05) is 0 Å². The summed E-state index contributed by atoms with van der Waals surface area (Å²) in [6.45, 7) is 12.9. The van der Waals surface area contributed by atoms with E-state index in [-0.39, 0.29) is 26.1 Å². The van der Waals surface area contributed by atoms with E-state index in [4.69, 9.17) is 18.9 Å². The van der Waals surface area contributed by atoms with E-state index in [2.05, 4.69) is 13.2 Å². The lowest BCUT2D eigenvalue weighted by Crippen LogP contribution is -2.15. The van der Waals surface area contributed by atoms with Gasteiger partial charge < -0.3 is 18.9 Å². The Kier molecular flexibility index (Phi) is 12.1. The van der Waals surface area contributed by atoms with Crippen molar-refractivity contribution >= 4 is 11.9 Å². The highest BCUT2D eigenvalue weighted by atomic mass is 16.6. The van der Waals surface area contributed by atoms with Crippen molar-refractivity contribution in [2.45, 2.75) is 26.7 Å². The molecule has 6 heteroatoms. The van der Waals surface area contributed by atoms with Crippen LogP contribution in [0.15, 0.2) is 24.3 Å². The van der Waals surface area contributed by atoms with E-state index in [9.17, 15) is 9.59 Å². The molecule has 0 unspecified atom stereocenters. The third-order valence-electron chi connectivity index (χ3n) is 2.21. The first-order valence-corrected chi connectivity index (χ1v) is 7.17. The largest absolute Gasteiger partial charge is 0.463 e. The zero-order chi connectivity index (χ0) is 16.8. The number of carbonyl (C=O) groups excluding carboxylic acids is 2. The highest BCUT2D eigenvalue weighted by Crippen LogP contribution is 1.97. The van der Waals surface area contributed by atoms with Crippen molar-refractivity contribution in [2.24, 2.45) is 0 Å². The lowest BCUT2D eigenvalue weighted by atomic mass is 10.3. The minimum absolute atomic E-state index is 0.00799. The van der Waals surface area contributed by atoms with Crippen LogP contribution in [0, 0.1) is 0 Å². The number of carbonyl (C=O) groups is 2. The van der Waals surface area contributed by atoms with Crippen LogP contribution in [0.25, 0.3) is 0 Å². The Hall–Kier alpha value is -1.66. The van der Waals surface area contributed by atoms with Crippen LogP contribution in [0.3, 0.4) is 0 Å². The zero-order valence-corrected chi connectivity index (χ0v) is 13.5. The summed E-state index contributed by atoms with van der Waals surface area (Å²) in [5.74, 6) is -0.899. The minimum atomic E-state index is -0.450. The fourth-order valence-electron chi connectivity index (χ4n) is 1.27. The highest BCUT2D eigenvalue weighted by molar-refractivity contribution is 5.77. The molecule has 0 bridgehead atoms. The van der Waals surface area contributed by atoms with Gasteiger partial charge in [-0.15, -0.1) is 0 Å². The maximum atomic E-state index is 11.4. The summed E-state index contributed by atoms with van der Waals surface area (Å²) in [5.41, 5.74) is 1.81. The van der Waals surface area contributed by atoms with Gasteiger partial charge in [-0.3, -0.25) is 9.59 Å². The average molecular weight is 314 g/mol. The van der Waals surface area contributed by atoms with Gasteiger partial charge in [0.25, 0.3) is 0 Å². The van der Waals surface area contributed by atoms with Crippen molar-refractivity contribution in [2.75, 3.05) is 39.6 Å². The van der Waals surface area contributed by atoms with Crippen LogP contribution in [0.5, 0.6) is 0 Å². The monoisotopic (exact) mass is 314 g/mol. The Morgan fingerprint density at radius 2 is 1.09 bits per heavy atom. The Morgan fingerprint density at radius 1 is 0.727 bits per heavy atom. The molecule has 0 fully saturated rings. The van der Waals surface area contributed by atoms with Crippen molar-refractivity contribution in [3.05, 3.63) is 24.3 Å². The number of hydrogen-bond donors (Lipinski definition) is 0. The fraction of sp³-hybridized carbons (Fsp3) is 0.625. The summed E-state index contributed by atoms with van der Waals surface area (Å²) in [4.78, 5) is 22.7. The lowest BCUT2D eigenvalue weighted by molar-refractivity contribution is -0.151. The van der Waals surface area contributed by atoms with Crippen molar-refractivity contribution in [1.29, 1.82) is 0 Å². The molecule has 126 valence electrons. The molecule has 6 nitrogen and oxygen atoms in total. The topological polar surface area (TPSA) is 71.1 Å². The van der Waals surface area contributed by atoms with E-state index in [0.29, 0.717) is 26.4 Å². The molecule has 0 atom stereocenters. The van der Waals surface area contributed by atoms with Crippen LogP contribution >= 0.6 is 0 Å². The fourth-order valence-corrected chi connectivity index (χ4v) is 1.27. The molecule has 22 heavy (non-hydrogen) atoms. The van der Waals surface area contributed by atoms with Gasteiger partial charge in [-0.2, -0.15) is 0 Å². The molecule has 0 heterocycles. The van der Waals surface area contributed by atoms with Crippen LogP contribution < -0.4 is 0 Å². The molecule has 0 rings (SSSR count). The first-order valence-electron chi connectivity index (χ1n) is 7.17. The summed E-state index contributed by atoms with van der Waals surface area (Å²) in [7, 11) is 0. The van der Waals surface area contributed by atoms with Crippen molar-refractivity contribution < 1.29 is 28.5 Å². The van der Waals surface area contributed by atoms with Crippen molar-refractivity contribution in [1.82, 2.24) is 0 Å². The normalized spacial score (nSPS) is 10.1. The van der Waals surface area contributed by atoms with E-state index in [1.807, 2.05) is 13.8 Å². The standard InChI is InChI=1S/C16H26O6/c1-13(2)11-19-7-9-21-15(17)5-6-16(18)22-10-8-20-12-14(3)4/h1,3,5-12H2,2,4H3. The third kappa shape index (κ3) is 14.7. The van der Waals surface area contributed by atoms with E-state index in [1.54, 1.807) is 0 Å². The Balaban J connectivity index is 3.46. The second kappa shape index (κ2) is 13.0. The third-order valence-corrected chi connectivity index (χ3v) is 2.21. The smallest absolute Gasteiger partial charge is 0.306 e. The van der Waals surface area contributed by atoms with Crippen molar-refractivity contribution in [3.63, 3.8) is 0 Å². The van der Waals surface area contributed by atoms with E-state index < -0.39 is 11.9 Å². The van der Waals surface area contributed by atoms with Gasteiger partial charge in [0.2, 0.25) is 0 Å². The van der Waals surface area contributed by atoms with Gasteiger partial charge in [0.05, 0.1) is 39.3 Å². The maximum Gasteiger partial charge on any atom is 0.306 e. The molecule has 0 radical (unpaired) electrons. The van der Waals surface area contributed by atoms with E-state index in [0.717, 1.165) is 11.1 Å². The first-order chi connectivity index (χ1) is 10.4. The van der Waals surface area contributed by atoms with Crippen LogP contribution in [-0.4, -0.2) is 51.6 Å². The highest BCUT2D eigenvalue weighted by Gasteiger charge is 2.09. The maximum absolute atomic E-state index is 11.4. The van der Waals surface area contributed by atoms with Gasteiger partial charge in [-0.05, 0) is 13.8 Å². The van der Waals surface area contributed by atoms with Gasteiger partial charge in [-0.25, -0.2) is 0 Å². The molecule has 0 aliphatic heterocycles. The molecule has 0 saturated carbocycles. The zero-order valence-electron chi connectivity index (χ0n) is 13.5. The van der Waals surface area contributed by atoms with Crippen LogP contribution in [0.1, 0.15) is 26.7 Å². The predicted octanol–water partition coefficient (Wildman–Crippen LogP) is 2.04. The molecular formula is C16H26O6. The van der Waals surface area contributed by atoms with Crippen LogP contribution in [-0.2, 0) is 28.5 Å². The SMILES string of the molecule is C=C(C)COCCOC(=O)CCC(=O)OCCOCC(=C)C. The van der Waals surface area contributed by atoms with Crippen LogP contribution in [0.4, 0.5) is 0 Å². The molecule has 0 aliphatic carbocycles. The summed E-state index contributed by atoms with van der Waals surface area (Å²) in [6, 6.07) is 0. The molecule has 0 spiro atoms. The molecule has 0 amide bonds. The molecule has 0 aromatic carbocycles. The van der Waals surface area contributed by atoms with E-state index >= 15 is 0 Å². The molecule has 0 saturated heterocycles. The number of hydrogen-bond acceptors (Lipinski definition) is 6. The first kappa shape index (κ1) is 20.3. The quantitative estimate of drug-likeness (QED) is 0.294. The molecule has 0 aromatic heterocycles. The number of rotatable bonds is 13. The van der Waals surface area contributed by atoms with Crippen molar-refractivity contribution in [3.8, 4) is 0 Å². The molecule has 0 aromatic rings. The average Bonchev–Trinajstić information content (AvgIpc) is 2.43. The second-order valence-electron chi connectivity index (χ2n) is 4.96. The second-order valence-corrected chi connectivity index (χ2v) is 4.96. The Labute approximate surface area is 132 Å². The Morgan fingerprint density at radius 3 is 1.41 bits per heavy atom. The minimum Gasteiger partial charge on any atom is -0.463 e. The van der Waals surface area contributed by atoms with E-state index in [1.165, 1.54) is 0 Å². The number of esters is 2. The van der Waals surface area contributed by atoms with Crippen LogP contribution in [0.2, 0.25) is 0 Å². The summed E-state index contributed by atoms with van der Waals surface area (Å²) >= 11 is 0. The summed E-state index contributed by atoms with van der Waals surface area (Å²) in [6.07, 6.45) is -0.0160. The number of ether oxygens (including phenoxy) is 4. The molecule has 0 N–H and O–H groups in total. The van der Waals surface area contributed by atoms with Gasteiger partial charge in [0.15, 0.2) is 0 Å². The summed E-state index contributed by atoms with van der Waals surface area (Å²) in [5, 5.41) is 0. The predicted molar refractivity (Wildman–Crippen MR) is 82.4 cm³/mol. The molecule has 0 aliphatic rings.